The van der Waals surface area contributed by atoms with Gasteiger partial charge in [0.1, 0.15) is 0 Å². The first kappa shape index (κ1) is 22.9. The van der Waals surface area contributed by atoms with Gasteiger partial charge >= 0.3 is 5.97 Å². The smallest absolute Gasteiger partial charge is 0.338 e. The maximum Gasteiger partial charge on any atom is 0.338 e. The van der Waals surface area contributed by atoms with Crippen molar-refractivity contribution in [3.8, 4) is 0 Å². The van der Waals surface area contributed by atoms with Crippen LogP contribution in [0.5, 0.6) is 0 Å². The summed E-state index contributed by atoms with van der Waals surface area (Å²) < 4.78 is 37.4. The van der Waals surface area contributed by atoms with Crippen LogP contribution in [0.1, 0.15) is 38.8 Å². The molecule has 31 heavy (non-hydrogen) atoms. The first-order valence-corrected chi connectivity index (χ1v) is 11.5. The molecule has 1 heterocycles. The number of ether oxygens (including phenoxy) is 2. The highest BCUT2D eigenvalue weighted by Crippen LogP contribution is 2.23. The third-order valence-corrected chi connectivity index (χ3v) is 6.94. The molecule has 0 radical (unpaired) electrons. The Morgan fingerprint density at radius 2 is 1.77 bits per heavy atom. The summed E-state index contributed by atoms with van der Waals surface area (Å²) in [4.78, 5) is 24.9. The molecule has 0 atom stereocenters. The van der Waals surface area contributed by atoms with Crippen molar-refractivity contribution in [3.05, 3.63) is 58.7 Å². The molecule has 1 saturated heterocycles. The molecule has 0 spiro atoms. The van der Waals surface area contributed by atoms with Crippen LogP contribution in [0.25, 0.3) is 0 Å². The lowest BCUT2D eigenvalue weighted by atomic mass is 10.1. The van der Waals surface area contributed by atoms with E-state index >= 15 is 0 Å². The highest BCUT2D eigenvalue weighted by atomic mass is 32.2. The van der Waals surface area contributed by atoms with Crippen molar-refractivity contribution in [3.63, 3.8) is 0 Å². The average molecular weight is 447 g/mol. The quantitative estimate of drug-likeness (QED) is 0.685. The van der Waals surface area contributed by atoms with E-state index in [0.717, 1.165) is 0 Å². The van der Waals surface area contributed by atoms with Crippen LogP contribution < -0.4 is 5.32 Å². The number of carbonyl (C=O) groups is 2. The Morgan fingerprint density at radius 3 is 2.42 bits per heavy atom. The highest BCUT2D eigenvalue weighted by Gasteiger charge is 2.27. The summed E-state index contributed by atoms with van der Waals surface area (Å²) >= 11 is 0. The monoisotopic (exact) mass is 446 g/mol. The van der Waals surface area contributed by atoms with Gasteiger partial charge in [0.15, 0.2) is 0 Å². The van der Waals surface area contributed by atoms with Gasteiger partial charge < -0.3 is 14.8 Å². The number of esters is 1. The number of hydrogen-bond donors (Lipinski definition) is 1. The van der Waals surface area contributed by atoms with Gasteiger partial charge in [-0.15, -0.1) is 0 Å². The van der Waals surface area contributed by atoms with Gasteiger partial charge in [-0.2, -0.15) is 4.31 Å². The predicted octanol–water partition coefficient (Wildman–Crippen LogP) is 2.75. The Labute approximate surface area is 182 Å². The Kier molecular flexibility index (Phi) is 7.09. The molecular formula is C22H26N2O6S. The molecule has 1 N–H and O–H groups in total. The van der Waals surface area contributed by atoms with Crippen molar-refractivity contribution in [2.24, 2.45) is 0 Å². The van der Waals surface area contributed by atoms with Crippen LogP contribution in [0.15, 0.2) is 41.3 Å². The van der Waals surface area contributed by atoms with E-state index in [9.17, 15) is 18.0 Å². The number of nitrogens with zero attached hydrogens (tertiary/aromatic N) is 1. The van der Waals surface area contributed by atoms with Crippen molar-refractivity contribution in [2.75, 3.05) is 38.2 Å². The molecule has 2 aromatic carbocycles. The lowest BCUT2D eigenvalue weighted by Gasteiger charge is -2.26. The molecule has 0 saturated carbocycles. The van der Waals surface area contributed by atoms with Crippen molar-refractivity contribution < 1.29 is 27.5 Å². The summed E-state index contributed by atoms with van der Waals surface area (Å²) in [5.41, 5.74) is 2.53. The number of aryl methyl sites for hydroxylation is 2. The summed E-state index contributed by atoms with van der Waals surface area (Å²) in [5, 5.41) is 2.80. The second-order valence-corrected chi connectivity index (χ2v) is 9.14. The molecule has 1 amide bonds. The summed E-state index contributed by atoms with van der Waals surface area (Å²) in [6, 6.07) is 9.38. The molecule has 9 heteroatoms. The summed E-state index contributed by atoms with van der Waals surface area (Å²) in [5.74, 6) is -0.858. The Morgan fingerprint density at radius 1 is 1.06 bits per heavy atom. The van der Waals surface area contributed by atoms with Crippen molar-refractivity contribution >= 4 is 27.6 Å². The highest BCUT2D eigenvalue weighted by molar-refractivity contribution is 7.89. The van der Waals surface area contributed by atoms with Crippen LogP contribution in [0.4, 0.5) is 5.69 Å². The zero-order chi connectivity index (χ0) is 22.6. The molecule has 1 aliphatic heterocycles. The van der Waals surface area contributed by atoms with Gasteiger partial charge in [-0.3, -0.25) is 4.79 Å². The van der Waals surface area contributed by atoms with Gasteiger partial charge in [0.25, 0.3) is 5.91 Å². The van der Waals surface area contributed by atoms with Crippen LogP contribution in [-0.2, 0) is 19.5 Å². The maximum atomic E-state index is 12.9. The largest absolute Gasteiger partial charge is 0.462 e. The van der Waals surface area contributed by atoms with Crippen LogP contribution in [-0.4, -0.2) is 57.5 Å². The van der Waals surface area contributed by atoms with Gasteiger partial charge in [-0.1, -0.05) is 6.07 Å². The number of benzene rings is 2. The van der Waals surface area contributed by atoms with E-state index in [1.807, 2.05) is 0 Å². The minimum absolute atomic E-state index is 0.0690. The second-order valence-electron chi connectivity index (χ2n) is 7.20. The third-order valence-electron chi connectivity index (χ3n) is 5.05. The molecule has 2 aromatic rings. The van der Waals surface area contributed by atoms with Crippen molar-refractivity contribution in [1.82, 2.24) is 4.31 Å². The van der Waals surface area contributed by atoms with E-state index < -0.39 is 21.9 Å². The van der Waals surface area contributed by atoms with Crippen LogP contribution in [0.2, 0.25) is 0 Å². The number of morpholine rings is 1. The number of nitrogens with one attached hydrogen (secondary N) is 1. The second kappa shape index (κ2) is 9.59. The molecule has 3 rings (SSSR count). The minimum Gasteiger partial charge on any atom is -0.462 e. The van der Waals surface area contributed by atoms with Gasteiger partial charge in [-0.25, -0.2) is 13.2 Å². The molecule has 0 aromatic heterocycles. The predicted molar refractivity (Wildman–Crippen MR) is 116 cm³/mol. The van der Waals surface area contributed by atoms with E-state index in [2.05, 4.69) is 5.32 Å². The standard InChI is InChI=1S/C22H26N2O6S/c1-4-30-22(26)17-6-8-20(16(3)13-17)23-21(25)19-14-18(7-5-15(19)2)31(27,28)24-9-11-29-12-10-24/h5-8,13-14H,4,9-12H2,1-3H3,(H,23,25). The lowest BCUT2D eigenvalue weighted by molar-refractivity contribution is 0.0526. The maximum absolute atomic E-state index is 12.9. The number of rotatable bonds is 6. The van der Waals surface area contributed by atoms with Gasteiger partial charge in [0.2, 0.25) is 10.0 Å². The minimum atomic E-state index is -3.71. The molecule has 0 unspecified atom stereocenters. The van der Waals surface area contributed by atoms with Gasteiger partial charge in [0.05, 0.1) is 30.3 Å². The van der Waals surface area contributed by atoms with E-state index in [-0.39, 0.29) is 30.2 Å². The molecule has 0 bridgehead atoms. The Balaban J connectivity index is 1.84. The number of hydrogen-bond acceptors (Lipinski definition) is 6. The third kappa shape index (κ3) is 5.12. The van der Waals surface area contributed by atoms with E-state index in [1.165, 1.54) is 16.4 Å². The number of anilines is 1. The molecule has 8 nitrogen and oxygen atoms in total. The van der Waals surface area contributed by atoms with Crippen LogP contribution >= 0.6 is 0 Å². The van der Waals surface area contributed by atoms with E-state index in [0.29, 0.717) is 35.6 Å². The van der Waals surface area contributed by atoms with E-state index in [1.54, 1.807) is 45.0 Å². The van der Waals surface area contributed by atoms with E-state index in [4.69, 9.17) is 9.47 Å². The van der Waals surface area contributed by atoms with Crippen LogP contribution in [0, 0.1) is 13.8 Å². The Hall–Kier alpha value is -2.75. The topological polar surface area (TPSA) is 102 Å². The normalized spacial score (nSPS) is 14.8. The fraction of sp³-hybridized carbons (Fsp3) is 0.364. The molecule has 1 fully saturated rings. The molecule has 1 aliphatic rings. The molecule has 0 aliphatic carbocycles. The number of carbonyl (C=O) groups excluding carboxylic acids is 2. The molecular weight excluding hydrogens is 420 g/mol. The first-order valence-electron chi connectivity index (χ1n) is 10.0. The van der Waals surface area contributed by atoms with Crippen molar-refractivity contribution in [1.29, 1.82) is 0 Å². The number of amides is 1. The SMILES string of the molecule is CCOC(=O)c1ccc(NC(=O)c2cc(S(=O)(=O)N3CCOCC3)ccc2C)c(C)c1. The summed E-state index contributed by atoms with van der Waals surface area (Å²) in [6.07, 6.45) is 0. The first-order chi connectivity index (χ1) is 14.7. The lowest BCUT2D eigenvalue weighted by Crippen LogP contribution is -2.40. The number of sulfonamides is 1. The zero-order valence-corrected chi connectivity index (χ0v) is 18.6. The van der Waals surface area contributed by atoms with Gasteiger partial charge in [0, 0.05) is 24.3 Å². The summed E-state index contributed by atoms with van der Waals surface area (Å²) in [6.45, 7) is 6.78. The fourth-order valence-corrected chi connectivity index (χ4v) is 4.71. The Bertz CT molecular complexity index is 1090. The average Bonchev–Trinajstić information content (AvgIpc) is 2.76. The zero-order valence-electron chi connectivity index (χ0n) is 17.8. The molecule has 166 valence electrons. The van der Waals surface area contributed by atoms with Crippen molar-refractivity contribution in [2.45, 2.75) is 25.7 Å². The fourth-order valence-electron chi connectivity index (χ4n) is 3.28. The summed E-state index contributed by atoms with van der Waals surface area (Å²) in [7, 11) is -3.71. The van der Waals surface area contributed by atoms with Gasteiger partial charge in [-0.05, 0) is 62.2 Å². The van der Waals surface area contributed by atoms with Crippen LogP contribution in [0.3, 0.4) is 0 Å².